The highest BCUT2D eigenvalue weighted by Gasteiger charge is 2.45. The first-order chi connectivity index (χ1) is 21.7. The molecule has 2 heterocycles. The van der Waals surface area contributed by atoms with Gasteiger partial charge in [0.25, 0.3) is 11.5 Å². The summed E-state index contributed by atoms with van der Waals surface area (Å²) in [7, 11) is 2.88. The second-order valence-electron chi connectivity index (χ2n) is 11.8. The van der Waals surface area contributed by atoms with E-state index >= 15 is 4.39 Å². The Bertz CT molecular complexity index is 1730. The van der Waals surface area contributed by atoms with Gasteiger partial charge >= 0.3 is 12.1 Å². The Morgan fingerprint density at radius 3 is 2.54 bits per heavy atom. The van der Waals surface area contributed by atoms with Crippen LogP contribution in [0.15, 0.2) is 29.1 Å². The predicted octanol–water partition coefficient (Wildman–Crippen LogP) is 4.28. The molecule has 13 heteroatoms. The zero-order valence-electron chi connectivity index (χ0n) is 26.3. The molecule has 0 saturated carbocycles. The van der Waals surface area contributed by atoms with E-state index in [9.17, 15) is 27.6 Å². The normalized spacial score (nSPS) is 17.1. The fourth-order valence-electron chi connectivity index (χ4n) is 6.37. The summed E-state index contributed by atoms with van der Waals surface area (Å²) in [5.41, 5.74) is 4.76. The summed E-state index contributed by atoms with van der Waals surface area (Å²) in [5, 5.41) is 2.58. The van der Waals surface area contributed by atoms with Crippen LogP contribution in [0.25, 0.3) is 11.3 Å². The smallest absolute Gasteiger partial charge is 0.411 e. The number of rotatable bonds is 7. The van der Waals surface area contributed by atoms with Crippen molar-refractivity contribution in [3.63, 3.8) is 0 Å². The molecule has 3 aromatic rings. The number of alkyl halides is 3. The van der Waals surface area contributed by atoms with Crippen LogP contribution in [0.4, 0.5) is 23.2 Å². The molecular weight excluding hydrogens is 608 g/mol. The van der Waals surface area contributed by atoms with Crippen molar-refractivity contribution >= 4 is 17.6 Å². The second kappa shape index (κ2) is 12.9. The summed E-state index contributed by atoms with van der Waals surface area (Å²) >= 11 is 0. The molecule has 0 bridgehead atoms. The van der Waals surface area contributed by atoms with Gasteiger partial charge in [0.1, 0.15) is 23.6 Å². The van der Waals surface area contributed by atoms with Crippen molar-refractivity contribution < 1.29 is 36.6 Å². The number of hydrogen-bond donors (Lipinski definition) is 1. The van der Waals surface area contributed by atoms with E-state index in [1.54, 1.807) is 23.7 Å². The molecule has 1 N–H and O–H groups in total. The highest BCUT2D eigenvalue weighted by Crippen LogP contribution is 2.35. The Morgan fingerprint density at radius 1 is 1.15 bits per heavy atom. The molecule has 1 saturated heterocycles. The topological polar surface area (TPSA) is 103 Å². The molecule has 1 aliphatic carbocycles. The number of aromatic nitrogens is 2. The highest BCUT2D eigenvalue weighted by molar-refractivity contribution is 5.98. The zero-order valence-corrected chi connectivity index (χ0v) is 26.3. The van der Waals surface area contributed by atoms with Crippen LogP contribution in [0.1, 0.15) is 50.4 Å². The molecule has 0 radical (unpaired) electrons. The van der Waals surface area contributed by atoms with Crippen molar-refractivity contribution in [1.82, 2.24) is 14.9 Å². The first-order valence-electron chi connectivity index (χ1n) is 15.0. The molecule has 9 nitrogen and oxygen atoms in total. The molecular formula is C33H36F4N4O5. The molecule has 5 rings (SSSR count). The number of ether oxygens (including phenoxy) is 2. The molecule has 1 aliphatic heterocycles. The number of morpholine rings is 1. The minimum absolute atomic E-state index is 0.0227. The zero-order chi connectivity index (χ0) is 33.5. The third kappa shape index (κ3) is 6.24. The maximum Gasteiger partial charge on any atom is 0.411 e. The lowest BCUT2D eigenvalue weighted by Crippen LogP contribution is -2.53. The molecule has 0 unspecified atom stereocenters. The van der Waals surface area contributed by atoms with Gasteiger partial charge in [-0.2, -0.15) is 13.2 Å². The number of aryl methyl sites for hydroxylation is 2. The number of carbonyl (C=O) groups is 2. The van der Waals surface area contributed by atoms with Gasteiger partial charge in [-0.3, -0.25) is 9.59 Å². The van der Waals surface area contributed by atoms with Gasteiger partial charge in [-0.1, -0.05) is 12.1 Å². The van der Waals surface area contributed by atoms with E-state index < -0.39 is 42.6 Å². The van der Waals surface area contributed by atoms with Crippen LogP contribution in [0.3, 0.4) is 0 Å². The largest absolute Gasteiger partial charge is 0.467 e. The van der Waals surface area contributed by atoms with Crippen LogP contribution in [0, 0.1) is 26.6 Å². The van der Waals surface area contributed by atoms with Gasteiger partial charge < -0.3 is 24.3 Å². The monoisotopic (exact) mass is 644 g/mol. The maximum atomic E-state index is 15.5. The quantitative estimate of drug-likeness (QED) is 0.303. The second-order valence-corrected chi connectivity index (χ2v) is 11.8. The summed E-state index contributed by atoms with van der Waals surface area (Å²) in [6.45, 7) is 4.45. The number of esters is 1. The van der Waals surface area contributed by atoms with Crippen LogP contribution < -0.4 is 15.8 Å². The van der Waals surface area contributed by atoms with Gasteiger partial charge in [-0.05, 0) is 74.4 Å². The average molecular weight is 645 g/mol. The molecule has 2 aromatic carbocycles. The van der Waals surface area contributed by atoms with E-state index in [0.717, 1.165) is 51.0 Å². The van der Waals surface area contributed by atoms with Gasteiger partial charge in [0.05, 0.1) is 31.6 Å². The molecule has 1 fully saturated rings. The number of carbonyl (C=O) groups excluding carboxylic acids is 2. The summed E-state index contributed by atoms with van der Waals surface area (Å²) in [6.07, 6.45) is -2.33. The van der Waals surface area contributed by atoms with Crippen molar-refractivity contribution in [3.8, 4) is 11.3 Å². The summed E-state index contributed by atoms with van der Waals surface area (Å²) in [4.78, 5) is 45.0. The van der Waals surface area contributed by atoms with Gasteiger partial charge in [-0.25, -0.2) is 14.2 Å². The number of hydrogen-bond acceptors (Lipinski definition) is 7. The van der Waals surface area contributed by atoms with Crippen LogP contribution in [0.2, 0.25) is 0 Å². The summed E-state index contributed by atoms with van der Waals surface area (Å²) < 4.78 is 67.9. The number of methoxy groups -OCH3 is 1. The van der Waals surface area contributed by atoms with Crippen LogP contribution in [-0.2, 0) is 40.6 Å². The van der Waals surface area contributed by atoms with Crippen molar-refractivity contribution in [2.24, 2.45) is 7.05 Å². The number of fused-ring (bicyclic) bond motifs is 1. The molecule has 0 spiro atoms. The van der Waals surface area contributed by atoms with Gasteiger partial charge in [-0.15, -0.1) is 0 Å². The number of nitrogens with one attached hydrogen (secondary N) is 1. The summed E-state index contributed by atoms with van der Waals surface area (Å²) in [6, 6.07) is 2.69. The number of nitrogens with zero attached hydrogens (tertiary/aromatic N) is 3. The lowest BCUT2D eigenvalue weighted by atomic mass is 9.92. The lowest BCUT2D eigenvalue weighted by molar-refractivity contribution is -0.167. The number of anilines is 1. The standard InChI is InChI=1S/C33H36F4N4O5/c1-17-13-21(41-11-12-46-16-27(41)33(35,36)37)15-25(34)28(17)30(42)39-26(32(44)45-5)14-20-9-10-24(23-8-6-7-22(20)23)29-31(43)40(4)19(3)18(2)38-29/h9-10,13,15,26-27H,6-8,11-12,14,16H2,1-5H3,(H,39,42)/t26-,27+/m0/s1. The number of amides is 1. The van der Waals surface area contributed by atoms with Crippen LogP contribution in [0.5, 0.6) is 0 Å². The van der Waals surface area contributed by atoms with Crippen LogP contribution >= 0.6 is 0 Å². The third-order valence-corrected chi connectivity index (χ3v) is 9.00. The Balaban J connectivity index is 1.43. The van der Waals surface area contributed by atoms with Crippen molar-refractivity contribution in [3.05, 3.63) is 79.6 Å². The average Bonchev–Trinajstić information content (AvgIpc) is 3.51. The Hall–Kier alpha value is -4.26. The van der Waals surface area contributed by atoms with Gasteiger partial charge in [0, 0.05) is 37.0 Å². The molecule has 1 amide bonds. The molecule has 2 aliphatic rings. The Kier molecular flexibility index (Phi) is 9.26. The van der Waals surface area contributed by atoms with E-state index in [2.05, 4.69) is 10.3 Å². The predicted molar refractivity (Wildman–Crippen MR) is 163 cm³/mol. The fourth-order valence-corrected chi connectivity index (χ4v) is 6.37. The van der Waals surface area contributed by atoms with E-state index in [-0.39, 0.29) is 41.9 Å². The third-order valence-electron chi connectivity index (χ3n) is 9.00. The highest BCUT2D eigenvalue weighted by atomic mass is 19.4. The van der Waals surface area contributed by atoms with Gasteiger partial charge in [0.2, 0.25) is 0 Å². The number of benzene rings is 2. The fraction of sp³-hybridized carbons (Fsp3) is 0.455. The maximum absolute atomic E-state index is 15.5. The van der Waals surface area contributed by atoms with E-state index in [0.29, 0.717) is 18.5 Å². The van der Waals surface area contributed by atoms with Crippen molar-refractivity contribution in [1.29, 1.82) is 0 Å². The first-order valence-corrected chi connectivity index (χ1v) is 15.0. The Labute approximate surface area is 263 Å². The SMILES string of the molecule is COC(=O)[C@H](Cc1ccc(-c2nc(C)c(C)n(C)c2=O)c2c1CCC2)NC(=O)c1c(C)cc(N2CCOC[C@@H]2C(F)(F)F)cc1F. The van der Waals surface area contributed by atoms with Crippen molar-refractivity contribution in [2.45, 2.75) is 64.7 Å². The molecule has 246 valence electrons. The Morgan fingerprint density at radius 2 is 1.87 bits per heavy atom. The lowest BCUT2D eigenvalue weighted by Gasteiger charge is -2.38. The van der Waals surface area contributed by atoms with Crippen LogP contribution in [-0.4, -0.2) is 66.6 Å². The molecule has 2 atom stereocenters. The van der Waals surface area contributed by atoms with E-state index in [4.69, 9.17) is 9.47 Å². The van der Waals surface area contributed by atoms with E-state index in [1.807, 2.05) is 13.8 Å². The minimum atomic E-state index is -4.60. The first kappa shape index (κ1) is 33.1. The number of halogens is 4. The van der Waals surface area contributed by atoms with Gasteiger partial charge in [0.15, 0.2) is 0 Å². The minimum Gasteiger partial charge on any atom is -0.467 e. The summed E-state index contributed by atoms with van der Waals surface area (Å²) in [5.74, 6) is -2.66. The van der Waals surface area contributed by atoms with Crippen molar-refractivity contribution in [2.75, 3.05) is 31.8 Å². The van der Waals surface area contributed by atoms with E-state index in [1.165, 1.54) is 20.1 Å². The molecule has 1 aromatic heterocycles. The molecule has 46 heavy (non-hydrogen) atoms.